The number of hydrogen-bond donors (Lipinski definition) is 3. The Kier molecular flexibility index (Phi) is 3.03. The van der Waals surface area contributed by atoms with E-state index in [9.17, 15) is 9.90 Å². The summed E-state index contributed by atoms with van der Waals surface area (Å²) < 4.78 is 1.38. The molecule has 2 heterocycles. The molecule has 0 saturated carbocycles. The lowest BCUT2D eigenvalue weighted by atomic mass is 10.0. The minimum atomic E-state index is -1.08. The van der Waals surface area contributed by atoms with Gasteiger partial charge < -0.3 is 16.6 Å². The predicted octanol–water partition coefficient (Wildman–Crippen LogP) is 1.14. The molecule has 0 unspecified atom stereocenters. The summed E-state index contributed by atoms with van der Waals surface area (Å²) in [6.45, 7) is 0.458. The number of pyridine rings is 1. The normalized spacial score (nSPS) is 10.9. The average molecular weight is 283 g/mol. The van der Waals surface area contributed by atoms with Gasteiger partial charge in [-0.2, -0.15) is 4.98 Å². The Morgan fingerprint density at radius 2 is 1.95 bits per heavy atom. The molecule has 0 amide bonds. The van der Waals surface area contributed by atoms with Crippen molar-refractivity contribution in [2.75, 3.05) is 5.73 Å². The van der Waals surface area contributed by atoms with Crippen LogP contribution in [0.25, 0.3) is 16.8 Å². The molecule has 7 heteroatoms. The number of anilines is 1. The summed E-state index contributed by atoms with van der Waals surface area (Å²) >= 11 is 0. The van der Waals surface area contributed by atoms with Crippen molar-refractivity contribution in [2.45, 2.75) is 6.54 Å². The molecule has 0 spiro atoms. The van der Waals surface area contributed by atoms with Crippen LogP contribution in [0.3, 0.4) is 0 Å². The molecule has 0 atom stereocenters. The third-order valence-electron chi connectivity index (χ3n) is 3.20. The van der Waals surface area contributed by atoms with E-state index >= 15 is 0 Å². The molecule has 106 valence electrons. The van der Waals surface area contributed by atoms with Gasteiger partial charge in [-0.1, -0.05) is 24.3 Å². The van der Waals surface area contributed by atoms with E-state index in [-0.39, 0.29) is 17.2 Å². The standard InChI is InChI=1S/C14H13N5O2/c15-6-8-1-3-9(4-2-8)10-5-11(13(20)21)12-17-14(16)18-19(12)7-10/h1-5,7H,6,15H2,(H2,16,18)(H,20,21). The predicted molar refractivity (Wildman–Crippen MR) is 77.7 cm³/mol. The van der Waals surface area contributed by atoms with Crippen LogP contribution >= 0.6 is 0 Å². The molecule has 3 aromatic rings. The summed E-state index contributed by atoms with van der Waals surface area (Å²) in [6, 6.07) is 9.12. The van der Waals surface area contributed by atoms with Crippen molar-refractivity contribution in [3.63, 3.8) is 0 Å². The van der Waals surface area contributed by atoms with Gasteiger partial charge >= 0.3 is 5.97 Å². The molecule has 0 aliphatic rings. The van der Waals surface area contributed by atoms with Crippen LogP contribution in [0.4, 0.5) is 5.95 Å². The third-order valence-corrected chi connectivity index (χ3v) is 3.20. The lowest BCUT2D eigenvalue weighted by Crippen LogP contribution is -2.02. The summed E-state index contributed by atoms with van der Waals surface area (Å²) in [5, 5.41) is 13.3. The smallest absolute Gasteiger partial charge is 0.339 e. The maximum atomic E-state index is 11.4. The van der Waals surface area contributed by atoms with Gasteiger partial charge in [0.25, 0.3) is 0 Å². The third kappa shape index (κ3) is 2.30. The van der Waals surface area contributed by atoms with Crippen molar-refractivity contribution < 1.29 is 9.90 Å². The monoisotopic (exact) mass is 283 g/mol. The average Bonchev–Trinajstić information content (AvgIpc) is 2.86. The fourth-order valence-corrected chi connectivity index (χ4v) is 2.15. The Labute approximate surface area is 119 Å². The molecule has 0 aliphatic carbocycles. The lowest BCUT2D eigenvalue weighted by Gasteiger charge is -2.06. The molecular formula is C14H13N5O2. The zero-order valence-electron chi connectivity index (χ0n) is 11.0. The van der Waals surface area contributed by atoms with Gasteiger partial charge in [0.15, 0.2) is 5.65 Å². The van der Waals surface area contributed by atoms with Crippen LogP contribution in [0.2, 0.25) is 0 Å². The van der Waals surface area contributed by atoms with Crippen LogP contribution in [0.15, 0.2) is 36.5 Å². The zero-order chi connectivity index (χ0) is 15.0. The van der Waals surface area contributed by atoms with E-state index in [2.05, 4.69) is 10.1 Å². The number of fused-ring (bicyclic) bond motifs is 1. The zero-order valence-corrected chi connectivity index (χ0v) is 11.0. The van der Waals surface area contributed by atoms with Gasteiger partial charge in [-0.25, -0.2) is 9.31 Å². The highest BCUT2D eigenvalue weighted by molar-refractivity contribution is 5.96. The Bertz CT molecular complexity index is 823. The van der Waals surface area contributed by atoms with E-state index < -0.39 is 5.97 Å². The number of carboxylic acids is 1. The van der Waals surface area contributed by atoms with E-state index in [1.807, 2.05) is 24.3 Å². The second kappa shape index (κ2) is 4.88. The number of carbonyl (C=O) groups is 1. The SMILES string of the molecule is NCc1ccc(-c2cc(C(=O)O)c3nc(N)nn3c2)cc1. The van der Waals surface area contributed by atoms with Crippen molar-refractivity contribution in [1.29, 1.82) is 0 Å². The summed E-state index contributed by atoms with van der Waals surface area (Å²) in [4.78, 5) is 15.3. The van der Waals surface area contributed by atoms with Crippen molar-refractivity contribution in [2.24, 2.45) is 5.73 Å². The van der Waals surface area contributed by atoms with Crippen LogP contribution in [-0.2, 0) is 6.54 Å². The second-order valence-corrected chi connectivity index (χ2v) is 4.59. The molecule has 21 heavy (non-hydrogen) atoms. The van der Waals surface area contributed by atoms with Crippen LogP contribution in [0.1, 0.15) is 15.9 Å². The van der Waals surface area contributed by atoms with E-state index in [0.717, 1.165) is 11.1 Å². The van der Waals surface area contributed by atoms with Crippen molar-refractivity contribution in [3.05, 3.63) is 47.7 Å². The van der Waals surface area contributed by atoms with Crippen LogP contribution in [0.5, 0.6) is 0 Å². The summed E-state index contributed by atoms with van der Waals surface area (Å²) in [7, 11) is 0. The second-order valence-electron chi connectivity index (χ2n) is 4.59. The fourth-order valence-electron chi connectivity index (χ4n) is 2.15. The number of aromatic nitrogens is 3. The first kappa shape index (κ1) is 13.1. The first-order valence-electron chi connectivity index (χ1n) is 6.27. The number of carboxylic acid groups (broad SMARTS) is 1. The number of rotatable bonds is 3. The topological polar surface area (TPSA) is 120 Å². The highest BCUT2D eigenvalue weighted by Gasteiger charge is 2.15. The molecule has 0 aliphatic heterocycles. The number of benzene rings is 1. The maximum Gasteiger partial charge on any atom is 0.339 e. The van der Waals surface area contributed by atoms with Gasteiger partial charge in [0.05, 0.1) is 0 Å². The fraction of sp³-hybridized carbons (Fsp3) is 0.0714. The molecule has 0 saturated heterocycles. The molecule has 7 nitrogen and oxygen atoms in total. The van der Waals surface area contributed by atoms with Gasteiger partial charge in [0.2, 0.25) is 5.95 Å². The molecule has 1 aromatic carbocycles. The number of nitrogens with two attached hydrogens (primary N) is 2. The highest BCUT2D eigenvalue weighted by Crippen LogP contribution is 2.23. The molecular weight excluding hydrogens is 270 g/mol. The Balaban J connectivity index is 2.19. The summed E-state index contributed by atoms with van der Waals surface area (Å²) in [5.41, 5.74) is 14.0. The first-order chi connectivity index (χ1) is 10.1. The number of nitrogen functional groups attached to an aromatic ring is 1. The summed E-state index contributed by atoms with van der Waals surface area (Å²) in [5.74, 6) is -1.04. The first-order valence-corrected chi connectivity index (χ1v) is 6.27. The van der Waals surface area contributed by atoms with Crippen molar-refractivity contribution >= 4 is 17.6 Å². The molecule has 0 bridgehead atoms. The van der Waals surface area contributed by atoms with Crippen LogP contribution in [0, 0.1) is 0 Å². The van der Waals surface area contributed by atoms with Gasteiger partial charge in [0.1, 0.15) is 5.56 Å². The number of hydrogen-bond acceptors (Lipinski definition) is 5. The van der Waals surface area contributed by atoms with E-state index in [1.165, 1.54) is 4.52 Å². The maximum absolute atomic E-state index is 11.4. The minimum Gasteiger partial charge on any atom is -0.478 e. The van der Waals surface area contributed by atoms with Crippen LogP contribution in [-0.4, -0.2) is 25.7 Å². The quantitative estimate of drug-likeness (QED) is 0.663. The van der Waals surface area contributed by atoms with E-state index in [0.29, 0.717) is 12.1 Å². The van der Waals surface area contributed by atoms with E-state index in [1.54, 1.807) is 12.3 Å². The molecule has 2 aromatic heterocycles. The van der Waals surface area contributed by atoms with Crippen LogP contribution < -0.4 is 11.5 Å². The van der Waals surface area contributed by atoms with Gasteiger partial charge in [-0.3, -0.25) is 0 Å². The van der Waals surface area contributed by atoms with Gasteiger partial charge in [-0.15, -0.1) is 5.10 Å². The Hall–Kier alpha value is -2.93. The van der Waals surface area contributed by atoms with Gasteiger partial charge in [0, 0.05) is 18.3 Å². The summed E-state index contributed by atoms with van der Waals surface area (Å²) in [6.07, 6.45) is 1.70. The number of nitrogens with zero attached hydrogens (tertiary/aromatic N) is 3. The molecule has 5 N–H and O–H groups in total. The minimum absolute atomic E-state index is 0.0353. The lowest BCUT2D eigenvalue weighted by molar-refractivity contribution is 0.0698. The Morgan fingerprint density at radius 3 is 2.57 bits per heavy atom. The number of aromatic carboxylic acids is 1. The van der Waals surface area contributed by atoms with E-state index in [4.69, 9.17) is 11.5 Å². The Morgan fingerprint density at radius 1 is 1.24 bits per heavy atom. The molecule has 0 fully saturated rings. The van der Waals surface area contributed by atoms with Crippen molar-refractivity contribution in [1.82, 2.24) is 14.6 Å². The molecule has 0 radical (unpaired) electrons. The van der Waals surface area contributed by atoms with Gasteiger partial charge in [-0.05, 0) is 17.2 Å². The highest BCUT2D eigenvalue weighted by atomic mass is 16.4. The molecule has 3 rings (SSSR count). The van der Waals surface area contributed by atoms with Crippen molar-refractivity contribution in [3.8, 4) is 11.1 Å². The largest absolute Gasteiger partial charge is 0.478 e.